The molecule has 2 aliphatic carbocycles. The van der Waals surface area contributed by atoms with Crippen molar-refractivity contribution in [3.05, 3.63) is 76.6 Å². The van der Waals surface area contributed by atoms with Crippen LogP contribution in [0.3, 0.4) is 0 Å². The van der Waals surface area contributed by atoms with E-state index in [0.29, 0.717) is 54.5 Å². The van der Waals surface area contributed by atoms with E-state index in [0.717, 1.165) is 11.6 Å². The summed E-state index contributed by atoms with van der Waals surface area (Å²) in [6.45, 7) is 1.65. The van der Waals surface area contributed by atoms with E-state index in [1.54, 1.807) is 25.1 Å². The van der Waals surface area contributed by atoms with Crippen molar-refractivity contribution in [2.45, 2.75) is 51.6 Å². The van der Waals surface area contributed by atoms with Crippen LogP contribution >= 0.6 is 0 Å². The number of aromatic hydroxyl groups is 1. The van der Waals surface area contributed by atoms with E-state index >= 15 is 0 Å². The molecule has 4 rings (SSSR count). The van der Waals surface area contributed by atoms with Gasteiger partial charge in [-0.25, -0.2) is 0 Å². The van der Waals surface area contributed by atoms with Crippen LogP contribution in [-0.4, -0.2) is 34.0 Å². The van der Waals surface area contributed by atoms with Crippen molar-refractivity contribution in [1.29, 1.82) is 10.8 Å². The van der Waals surface area contributed by atoms with E-state index in [1.807, 2.05) is 6.08 Å². The maximum absolute atomic E-state index is 14.2. The molecule has 2 heterocycles. The van der Waals surface area contributed by atoms with Crippen LogP contribution in [-0.2, 0) is 6.42 Å². The fourth-order valence-corrected chi connectivity index (χ4v) is 4.87. The van der Waals surface area contributed by atoms with E-state index < -0.39 is 23.3 Å². The zero-order valence-electron chi connectivity index (χ0n) is 20.3. The summed E-state index contributed by atoms with van der Waals surface area (Å²) in [5.74, 6) is -1.35. The number of furan rings is 1. The Morgan fingerprint density at radius 1 is 1.16 bits per heavy atom. The standard InChI is InChI=1S/C28H28F3N3O3/c1-16(33)22(14-32)17-5-2-7-18(8-3-6-17)26(35)25-27(36)21-10-4-9-19(20-11-12-37-15-20)13-23(24(21)34-25)28(29,30)31/h5,8-9,11-15,22,32-34,36H,2-4,6-7,10H2,1H3/b17-5?,18-8-,19-9?,23-13+,32-14?,33-16?. The number of alkyl halides is 3. The molecule has 194 valence electrons. The summed E-state index contributed by atoms with van der Waals surface area (Å²) in [6.07, 6.45) is 7.95. The molecule has 0 bridgehead atoms. The number of aromatic amines is 1. The van der Waals surface area contributed by atoms with Crippen molar-refractivity contribution >= 4 is 28.9 Å². The molecule has 0 saturated carbocycles. The third-order valence-electron chi connectivity index (χ3n) is 6.76. The number of hydrogen-bond donors (Lipinski definition) is 4. The second kappa shape index (κ2) is 10.6. The molecule has 0 fully saturated rings. The van der Waals surface area contributed by atoms with Crippen molar-refractivity contribution in [3.8, 4) is 5.75 Å². The third kappa shape index (κ3) is 5.45. The van der Waals surface area contributed by atoms with Crippen LogP contribution in [0, 0.1) is 16.7 Å². The molecule has 4 N–H and O–H groups in total. The van der Waals surface area contributed by atoms with Gasteiger partial charge in [0.05, 0.1) is 29.7 Å². The topological polar surface area (TPSA) is 114 Å². The summed E-state index contributed by atoms with van der Waals surface area (Å²) in [5, 5.41) is 26.4. The molecule has 1 atom stereocenters. The van der Waals surface area contributed by atoms with Gasteiger partial charge in [0, 0.05) is 23.1 Å². The number of rotatable bonds is 6. The molecule has 0 saturated heterocycles. The Kier molecular flexibility index (Phi) is 7.52. The average molecular weight is 512 g/mol. The normalized spacial score (nSPS) is 20.3. The highest BCUT2D eigenvalue weighted by Gasteiger charge is 2.39. The van der Waals surface area contributed by atoms with E-state index in [1.165, 1.54) is 18.7 Å². The Morgan fingerprint density at radius 2 is 1.89 bits per heavy atom. The van der Waals surface area contributed by atoms with Gasteiger partial charge in [0.15, 0.2) is 0 Å². The van der Waals surface area contributed by atoms with Crippen molar-refractivity contribution in [1.82, 2.24) is 4.98 Å². The lowest BCUT2D eigenvalue weighted by Gasteiger charge is -2.17. The van der Waals surface area contributed by atoms with Gasteiger partial charge in [-0.3, -0.25) is 4.79 Å². The first-order valence-corrected chi connectivity index (χ1v) is 12.1. The lowest BCUT2D eigenvalue weighted by Crippen LogP contribution is -2.15. The number of H-pyrrole nitrogens is 1. The summed E-state index contributed by atoms with van der Waals surface area (Å²) in [7, 11) is 0. The minimum absolute atomic E-state index is 0.0679. The van der Waals surface area contributed by atoms with E-state index in [9.17, 15) is 23.1 Å². The van der Waals surface area contributed by atoms with Crippen LogP contribution in [0.5, 0.6) is 5.75 Å². The highest BCUT2D eigenvalue weighted by Crippen LogP contribution is 2.43. The van der Waals surface area contributed by atoms with Crippen LogP contribution in [0.15, 0.2) is 58.5 Å². The molecule has 9 heteroatoms. The van der Waals surface area contributed by atoms with Crippen molar-refractivity contribution < 1.29 is 27.5 Å². The van der Waals surface area contributed by atoms with Gasteiger partial charge in [-0.15, -0.1) is 0 Å². The Balaban J connectivity index is 1.66. The molecule has 1 unspecified atom stereocenters. The second-order valence-corrected chi connectivity index (χ2v) is 9.21. The van der Waals surface area contributed by atoms with Crippen molar-refractivity contribution in [2.75, 3.05) is 0 Å². The quantitative estimate of drug-likeness (QED) is 0.187. The molecule has 0 aromatic carbocycles. The highest BCUT2D eigenvalue weighted by atomic mass is 19.4. The summed E-state index contributed by atoms with van der Waals surface area (Å²) in [4.78, 5) is 16.0. The number of Topliss-reactive ketones (excluding diaryl/α,β-unsaturated/α-hetero) is 1. The molecule has 2 aromatic rings. The SMILES string of the molecule is CC(=N)C(C=N)C1=CCC/C(C(=O)c2[nH]c3c(c2O)CCC=C(c2ccoc2)/C=C\3C(F)(F)F)=C/CC1. The van der Waals surface area contributed by atoms with Crippen LogP contribution in [0.2, 0.25) is 0 Å². The number of halogens is 3. The van der Waals surface area contributed by atoms with Gasteiger partial charge in [0.25, 0.3) is 0 Å². The van der Waals surface area contributed by atoms with Crippen LogP contribution in [0.4, 0.5) is 13.2 Å². The van der Waals surface area contributed by atoms with E-state index in [2.05, 4.69) is 4.98 Å². The van der Waals surface area contributed by atoms with Crippen molar-refractivity contribution in [2.24, 2.45) is 5.92 Å². The number of hydrogen-bond acceptors (Lipinski definition) is 5. The molecular weight excluding hydrogens is 483 g/mol. The summed E-state index contributed by atoms with van der Waals surface area (Å²) < 4.78 is 47.6. The molecule has 37 heavy (non-hydrogen) atoms. The molecule has 0 radical (unpaired) electrons. The summed E-state index contributed by atoms with van der Waals surface area (Å²) >= 11 is 0. The summed E-state index contributed by atoms with van der Waals surface area (Å²) in [5.41, 5.74) is 1.14. The highest BCUT2D eigenvalue weighted by molar-refractivity contribution is 6.10. The zero-order valence-corrected chi connectivity index (χ0v) is 20.3. The lowest BCUT2D eigenvalue weighted by molar-refractivity contribution is -0.0691. The first-order valence-electron chi connectivity index (χ1n) is 12.1. The maximum Gasteiger partial charge on any atom is 0.418 e. The minimum atomic E-state index is -4.73. The van der Waals surface area contributed by atoms with E-state index in [-0.39, 0.29) is 29.3 Å². The monoisotopic (exact) mass is 511 g/mol. The van der Waals surface area contributed by atoms with Crippen LogP contribution in [0.25, 0.3) is 11.1 Å². The lowest BCUT2D eigenvalue weighted by atomic mass is 9.88. The fourth-order valence-electron chi connectivity index (χ4n) is 4.87. The molecule has 2 aliphatic rings. The van der Waals surface area contributed by atoms with E-state index in [4.69, 9.17) is 15.2 Å². The molecule has 0 amide bonds. The van der Waals surface area contributed by atoms with Gasteiger partial charge >= 0.3 is 6.18 Å². The van der Waals surface area contributed by atoms with Gasteiger partial charge in [-0.05, 0) is 68.7 Å². The molecule has 2 aromatic heterocycles. The molecular formula is C28H28F3N3O3. The smallest absolute Gasteiger partial charge is 0.418 e. The number of ketones is 1. The fraction of sp³-hybridized carbons (Fsp3) is 0.321. The minimum Gasteiger partial charge on any atom is -0.505 e. The second-order valence-electron chi connectivity index (χ2n) is 9.21. The number of fused-ring (bicyclic) bond motifs is 1. The number of carbonyl (C=O) groups excluding carboxylic acids is 1. The van der Waals surface area contributed by atoms with Gasteiger partial charge < -0.3 is 25.3 Å². The number of allylic oxidation sites excluding steroid dienone is 8. The Morgan fingerprint density at radius 3 is 2.54 bits per heavy atom. The van der Waals surface area contributed by atoms with Gasteiger partial charge in [0.2, 0.25) is 5.78 Å². The van der Waals surface area contributed by atoms with Crippen LogP contribution < -0.4 is 0 Å². The van der Waals surface area contributed by atoms with Gasteiger partial charge in [0.1, 0.15) is 11.4 Å². The predicted octanol–water partition coefficient (Wildman–Crippen LogP) is 7.20. The van der Waals surface area contributed by atoms with Crippen molar-refractivity contribution in [3.63, 3.8) is 0 Å². The number of nitrogens with one attached hydrogen (secondary N) is 3. The largest absolute Gasteiger partial charge is 0.505 e. The zero-order chi connectivity index (χ0) is 26.7. The third-order valence-corrected chi connectivity index (χ3v) is 6.76. The molecule has 0 aliphatic heterocycles. The van der Waals surface area contributed by atoms with Gasteiger partial charge in [-0.1, -0.05) is 23.8 Å². The first kappa shape index (κ1) is 26.2. The Labute approximate surface area is 212 Å². The summed E-state index contributed by atoms with van der Waals surface area (Å²) in [6, 6.07) is 1.58. The first-order chi connectivity index (χ1) is 17.6. The van der Waals surface area contributed by atoms with Crippen LogP contribution in [0.1, 0.15) is 66.3 Å². The molecule has 6 nitrogen and oxygen atoms in total. The molecule has 0 spiro atoms. The Bertz CT molecular complexity index is 1340. The average Bonchev–Trinajstić information content (AvgIpc) is 3.43. The number of aromatic nitrogens is 1. The van der Waals surface area contributed by atoms with Gasteiger partial charge in [-0.2, -0.15) is 13.2 Å². The number of carbonyl (C=O) groups is 1. The Hall–Kier alpha value is -3.88. The maximum atomic E-state index is 14.2. The predicted molar refractivity (Wildman–Crippen MR) is 136 cm³/mol.